The first kappa shape index (κ1) is 19.7. The Balaban J connectivity index is 1.58. The fourth-order valence-electron chi connectivity index (χ4n) is 5.70. The quantitative estimate of drug-likeness (QED) is 0.329. The Morgan fingerprint density at radius 2 is 1.06 bits per heavy atom. The number of aryl methyl sites for hydroxylation is 1. The van der Waals surface area contributed by atoms with Crippen LogP contribution in [0.2, 0.25) is 0 Å². The summed E-state index contributed by atoms with van der Waals surface area (Å²) in [6, 6.07) is 32.5. The number of nitrogens with two attached hydrogens (primary N) is 2. The van der Waals surface area contributed by atoms with E-state index in [1.807, 2.05) is 48.5 Å². The van der Waals surface area contributed by atoms with Gasteiger partial charge in [0.15, 0.2) is 0 Å². The van der Waals surface area contributed by atoms with Crippen molar-refractivity contribution in [1.82, 2.24) is 0 Å². The number of anilines is 2. The van der Waals surface area contributed by atoms with Crippen molar-refractivity contribution in [3.05, 3.63) is 119 Å². The van der Waals surface area contributed by atoms with E-state index >= 15 is 0 Å². The van der Waals surface area contributed by atoms with E-state index in [-0.39, 0.29) is 0 Å². The second kappa shape index (κ2) is 7.31. The minimum atomic E-state index is -0.963. The highest BCUT2D eigenvalue weighted by Gasteiger charge is 2.65. The fraction of sp³-hybridized carbons (Fsp3) is 0.172. The molecule has 2 aliphatic rings. The maximum absolute atomic E-state index is 6.92. The van der Waals surface area contributed by atoms with Crippen LogP contribution in [-0.2, 0) is 18.3 Å². The molecule has 1 unspecified atom stereocenters. The lowest BCUT2D eigenvalue weighted by Crippen LogP contribution is -2.57. The normalized spacial score (nSPS) is 19.8. The summed E-state index contributed by atoms with van der Waals surface area (Å²) in [5.41, 5.74) is 18.0. The Kier molecular flexibility index (Phi) is 4.37. The van der Waals surface area contributed by atoms with E-state index < -0.39 is 11.2 Å². The van der Waals surface area contributed by atoms with Crippen LogP contribution in [0.25, 0.3) is 0 Å². The lowest BCUT2D eigenvalue weighted by atomic mass is 9.72. The van der Waals surface area contributed by atoms with Crippen LogP contribution in [0.15, 0.2) is 97.1 Å². The Morgan fingerprint density at radius 1 is 0.576 bits per heavy atom. The van der Waals surface area contributed by atoms with Crippen LogP contribution < -0.4 is 20.9 Å². The molecule has 1 spiro atoms. The molecule has 6 rings (SSSR count). The van der Waals surface area contributed by atoms with Gasteiger partial charge in [-0.1, -0.05) is 48.5 Å². The average molecular weight is 435 g/mol. The van der Waals surface area contributed by atoms with Crippen molar-refractivity contribution in [2.45, 2.75) is 30.5 Å². The second-order valence-corrected chi connectivity index (χ2v) is 8.99. The van der Waals surface area contributed by atoms with E-state index in [9.17, 15) is 0 Å². The maximum atomic E-state index is 6.92. The molecule has 164 valence electrons. The van der Waals surface area contributed by atoms with Crippen LogP contribution in [-0.4, -0.2) is 5.79 Å². The highest BCUT2D eigenvalue weighted by molar-refractivity contribution is 5.58. The van der Waals surface area contributed by atoms with Gasteiger partial charge in [0.2, 0.25) is 0 Å². The Morgan fingerprint density at radius 3 is 1.64 bits per heavy atom. The number of fused-ring (bicyclic) bond motifs is 4. The first-order valence-corrected chi connectivity index (χ1v) is 11.4. The SMILES string of the molecule is Nc1ccc(OC2(Oc3ccc(N)cc3)Cc3ccccc3C23CCc2ccccc23)cc1. The molecule has 0 amide bonds. The summed E-state index contributed by atoms with van der Waals surface area (Å²) in [6.45, 7) is 0. The number of nitrogen functional groups attached to an aromatic ring is 2. The van der Waals surface area contributed by atoms with Crippen LogP contribution in [0, 0.1) is 0 Å². The molecule has 0 aliphatic heterocycles. The van der Waals surface area contributed by atoms with Crippen molar-refractivity contribution >= 4 is 11.4 Å². The smallest absolute Gasteiger partial charge is 0.268 e. The molecule has 0 saturated carbocycles. The molecule has 0 bridgehead atoms. The van der Waals surface area contributed by atoms with Crippen LogP contribution >= 0.6 is 0 Å². The van der Waals surface area contributed by atoms with Gasteiger partial charge in [-0.2, -0.15) is 0 Å². The first-order chi connectivity index (χ1) is 16.1. The predicted octanol–water partition coefficient (Wildman–Crippen LogP) is 5.49. The molecule has 0 aromatic heterocycles. The molecule has 33 heavy (non-hydrogen) atoms. The molecule has 0 fully saturated rings. The molecule has 4 nitrogen and oxygen atoms in total. The van der Waals surface area contributed by atoms with Gasteiger partial charge in [0.25, 0.3) is 5.79 Å². The lowest BCUT2D eigenvalue weighted by molar-refractivity contribution is -0.149. The van der Waals surface area contributed by atoms with Crippen molar-refractivity contribution in [3.8, 4) is 11.5 Å². The third-order valence-electron chi connectivity index (χ3n) is 7.12. The summed E-state index contributed by atoms with van der Waals surface area (Å²) in [4.78, 5) is 0. The van der Waals surface area contributed by atoms with Crippen molar-refractivity contribution in [1.29, 1.82) is 0 Å². The van der Waals surface area contributed by atoms with Crippen molar-refractivity contribution in [2.75, 3.05) is 11.5 Å². The molecule has 0 saturated heterocycles. The van der Waals surface area contributed by atoms with Gasteiger partial charge in [-0.05, 0) is 83.6 Å². The zero-order valence-corrected chi connectivity index (χ0v) is 18.3. The summed E-state index contributed by atoms with van der Waals surface area (Å²) < 4.78 is 13.8. The first-order valence-electron chi connectivity index (χ1n) is 11.4. The molecule has 2 aliphatic carbocycles. The van der Waals surface area contributed by atoms with Gasteiger partial charge in [0, 0.05) is 11.4 Å². The molecule has 0 radical (unpaired) electrons. The van der Waals surface area contributed by atoms with Gasteiger partial charge in [-0.3, -0.25) is 0 Å². The summed E-state index contributed by atoms with van der Waals surface area (Å²) in [7, 11) is 0. The average Bonchev–Trinajstić information content (AvgIpc) is 3.35. The Bertz CT molecular complexity index is 1250. The molecule has 0 heterocycles. The highest BCUT2D eigenvalue weighted by Crippen LogP contribution is 2.59. The van der Waals surface area contributed by atoms with Gasteiger partial charge in [-0.15, -0.1) is 0 Å². The summed E-state index contributed by atoms with van der Waals surface area (Å²) in [6.07, 6.45) is 2.52. The second-order valence-electron chi connectivity index (χ2n) is 8.99. The van der Waals surface area contributed by atoms with Crippen LogP contribution in [0.5, 0.6) is 11.5 Å². The van der Waals surface area contributed by atoms with Gasteiger partial charge < -0.3 is 20.9 Å². The van der Waals surface area contributed by atoms with Gasteiger partial charge in [-0.25, -0.2) is 0 Å². The van der Waals surface area contributed by atoms with Gasteiger partial charge in [0.05, 0.1) is 11.8 Å². The number of hydrogen-bond acceptors (Lipinski definition) is 4. The van der Waals surface area contributed by atoms with Gasteiger partial charge >= 0.3 is 0 Å². The minimum Gasteiger partial charge on any atom is -0.451 e. The zero-order valence-electron chi connectivity index (χ0n) is 18.3. The van der Waals surface area contributed by atoms with Crippen molar-refractivity contribution in [2.24, 2.45) is 0 Å². The van der Waals surface area contributed by atoms with Crippen LogP contribution in [0.3, 0.4) is 0 Å². The maximum Gasteiger partial charge on any atom is 0.268 e. The number of rotatable bonds is 4. The van der Waals surface area contributed by atoms with Crippen molar-refractivity contribution < 1.29 is 9.47 Å². The number of ether oxygens (including phenoxy) is 2. The molecule has 4 N–H and O–H groups in total. The lowest BCUT2D eigenvalue weighted by Gasteiger charge is -2.44. The topological polar surface area (TPSA) is 70.5 Å². The van der Waals surface area contributed by atoms with E-state index in [1.54, 1.807) is 0 Å². The van der Waals surface area contributed by atoms with E-state index in [2.05, 4.69) is 48.5 Å². The third-order valence-corrected chi connectivity index (χ3v) is 7.12. The summed E-state index contributed by atoms with van der Waals surface area (Å²) in [5.74, 6) is 0.502. The Hall–Kier alpha value is -3.92. The molecular weight excluding hydrogens is 408 g/mol. The Labute approximate surface area is 193 Å². The summed E-state index contributed by atoms with van der Waals surface area (Å²) in [5, 5.41) is 0. The number of hydrogen-bond donors (Lipinski definition) is 2. The van der Waals surface area contributed by atoms with Crippen molar-refractivity contribution in [3.63, 3.8) is 0 Å². The van der Waals surface area contributed by atoms with E-state index in [0.29, 0.717) is 17.8 Å². The van der Waals surface area contributed by atoms with Crippen LogP contribution in [0.4, 0.5) is 11.4 Å². The number of benzene rings is 4. The van der Waals surface area contributed by atoms with Crippen LogP contribution in [0.1, 0.15) is 28.7 Å². The zero-order chi connectivity index (χ0) is 22.5. The van der Waals surface area contributed by atoms with E-state index in [1.165, 1.54) is 22.3 Å². The highest BCUT2D eigenvalue weighted by atomic mass is 16.7. The summed E-state index contributed by atoms with van der Waals surface area (Å²) >= 11 is 0. The van der Waals surface area contributed by atoms with Gasteiger partial charge in [0.1, 0.15) is 11.5 Å². The predicted molar refractivity (Wildman–Crippen MR) is 131 cm³/mol. The molecular formula is C29H26N2O2. The molecule has 4 heteroatoms. The monoisotopic (exact) mass is 434 g/mol. The standard InChI is InChI=1S/C29H26N2O2/c30-22-9-13-24(14-10-22)32-29(33-25-15-11-23(31)12-16-25)19-21-6-2-4-8-27(21)28(29)18-17-20-5-1-3-7-26(20)28/h1-16H,17-19,30-31H2. The third kappa shape index (κ3) is 2.98. The fourth-order valence-corrected chi connectivity index (χ4v) is 5.70. The minimum absolute atomic E-state index is 0.442. The van der Waals surface area contributed by atoms with E-state index in [4.69, 9.17) is 20.9 Å². The molecule has 4 aromatic rings. The largest absolute Gasteiger partial charge is 0.451 e. The van der Waals surface area contributed by atoms with E-state index in [0.717, 1.165) is 24.3 Å². The molecule has 4 aromatic carbocycles. The molecule has 1 atom stereocenters.